The highest BCUT2D eigenvalue weighted by Gasteiger charge is 2.59. The molecular weight excluding hydrogens is 340 g/mol. The van der Waals surface area contributed by atoms with E-state index in [1.807, 2.05) is 20.8 Å². The Kier molecular flexibility index (Phi) is 5.11. The molecule has 2 amide bonds. The number of likely N-dealkylation sites (tertiary alicyclic amines) is 1. The number of amides is 2. The van der Waals surface area contributed by atoms with Crippen molar-refractivity contribution >= 4 is 18.1 Å². The highest BCUT2D eigenvalue weighted by molar-refractivity contribution is 6.24. The molecule has 2 aliphatic heterocycles. The largest absolute Gasteiger partial charge is 0.388 e. The lowest BCUT2D eigenvalue weighted by Gasteiger charge is -2.42. The van der Waals surface area contributed by atoms with Crippen molar-refractivity contribution in [3.05, 3.63) is 0 Å². The van der Waals surface area contributed by atoms with Crippen molar-refractivity contribution in [3.8, 4) is 0 Å². The summed E-state index contributed by atoms with van der Waals surface area (Å²) in [6, 6.07) is -1.01. The minimum atomic E-state index is -1.01. The highest BCUT2D eigenvalue weighted by Crippen LogP contribution is 2.44. The van der Waals surface area contributed by atoms with Crippen LogP contribution < -0.4 is 5.32 Å². The number of carbonyl (C=O) groups excluding carboxylic acids is 3. The molecule has 0 bridgehead atoms. The maximum atomic E-state index is 12.9. The van der Waals surface area contributed by atoms with Crippen LogP contribution in [0.5, 0.6) is 0 Å². The molecular formula is C18H28N2O6. The van der Waals surface area contributed by atoms with Crippen LogP contribution in [0.4, 0.5) is 0 Å². The van der Waals surface area contributed by atoms with E-state index in [2.05, 4.69) is 5.32 Å². The molecule has 3 fully saturated rings. The monoisotopic (exact) mass is 368 g/mol. The molecule has 8 nitrogen and oxygen atoms in total. The molecule has 1 saturated carbocycles. The van der Waals surface area contributed by atoms with E-state index in [4.69, 9.17) is 9.47 Å². The molecule has 0 aromatic heterocycles. The Morgan fingerprint density at radius 3 is 2.35 bits per heavy atom. The fourth-order valence-corrected chi connectivity index (χ4v) is 4.15. The molecule has 146 valence electrons. The van der Waals surface area contributed by atoms with E-state index >= 15 is 0 Å². The molecule has 1 aliphatic carbocycles. The number of nitrogens with one attached hydrogen (secondary N) is 1. The van der Waals surface area contributed by atoms with Crippen LogP contribution >= 0.6 is 0 Å². The predicted octanol–water partition coefficient (Wildman–Crippen LogP) is 0.116. The van der Waals surface area contributed by atoms with Gasteiger partial charge in [-0.05, 0) is 33.6 Å². The summed E-state index contributed by atoms with van der Waals surface area (Å²) in [7, 11) is 0. The van der Waals surface area contributed by atoms with Crippen LogP contribution in [-0.4, -0.2) is 70.3 Å². The Labute approximate surface area is 153 Å². The lowest BCUT2D eigenvalue weighted by atomic mass is 9.92. The Hall–Kier alpha value is -1.51. The number of hydrogen-bond acceptors (Lipinski definition) is 6. The summed E-state index contributed by atoms with van der Waals surface area (Å²) in [5, 5.41) is 13.3. The van der Waals surface area contributed by atoms with Gasteiger partial charge >= 0.3 is 0 Å². The Morgan fingerprint density at radius 2 is 1.77 bits per heavy atom. The lowest BCUT2D eigenvalue weighted by molar-refractivity contribution is -0.199. The summed E-state index contributed by atoms with van der Waals surface area (Å²) in [6.45, 7) is 5.36. The van der Waals surface area contributed by atoms with Crippen LogP contribution in [-0.2, 0) is 23.9 Å². The van der Waals surface area contributed by atoms with Gasteiger partial charge in [0.15, 0.2) is 5.79 Å². The van der Waals surface area contributed by atoms with Gasteiger partial charge < -0.3 is 24.8 Å². The zero-order chi connectivity index (χ0) is 19.1. The molecule has 0 aromatic carbocycles. The maximum absolute atomic E-state index is 12.9. The quantitative estimate of drug-likeness (QED) is 0.530. The third-order valence-corrected chi connectivity index (χ3v) is 5.20. The van der Waals surface area contributed by atoms with Gasteiger partial charge in [0.1, 0.15) is 24.4 Å². The summed E-state index contributed by atoms with van der Waals surface area (Å²) in [5.41, 5.74) is -0.513. The second-order valence-electron chi connectivity index (χ2n) is 8.50. The summed E-state index contributed by atoms with van der Waals surface area (Å²) < 4.78 is 12.3. The Bertz CT molecular complexity index is 581. The first kappa shape index (κ1) is 19.3. The highest BCUT2D eigenvalue weighted by atomic mass is 16.8. The lowest BCUT2D eigenvalue weighted by Crippen LogP contribution is -2.67. The number of nitrogens with zero attached hydrogens (tertiary/aromatic N) is 1. The van der Waals surface area contributed by atoms with E-state index in [9.17, 15) is 19.5 Å². The molecule has 2 saturated heterocycles. The zero-order valence-corrected chi connectivity index (χ0v) is 15.6. The molecule has 0 radical (unpaired) electrons. The number of β-amino-alcohol motifs (C(OH)–C–C–N with tert-alkyl or cyclic N) is 1. The topological polar surface area (TPSA) is 105 Å². The van der Waals surface area contributed by atoms with E-state index < -0.39 is 47.5 Å². The number of aliphatic hydroxyl groups is 1. The van der Waals surface area contributed by atoms with E-state index in [-0.39, 0.29) is 12.8 Å². The summed E-state index contributed by atoms with van der Waals surface area (Å²) in [4.78, 5) is 37.2. The molecule has 2 N–H and O–H groups in total. The van der Waals surface area contributed by atoms with Crippen LogP contribution in [0.15, 0.2) is 0 Å². The van der Waals surface area contributed by atoms with Crippen molar-refractivity contribution in [3.63, 3.8) is 0 Å². The van der Waals surface area contributed by atoms with Crippen molar-refractivity contribution in [1.82, 2.24) is 10.2 Å². The molecule has 26 heavy (non-hydrogen) atoms. The van der Waals surface area contributed by atoms with Gasteiger partial charge in [-0.15, -0.1) is 0 Å². The number of carbonyl (C=O) groups is 3. The average Bonchev–Trinajstić information content (AvgIpc) is 2.91. The smallest absolute Gasteiger partial charge is 0.287 e. The number of rotatable bonds is 2. The Morgan fingerprint density at radius 1 is 1.15 bits per heavy atom. The minimum Gasteiger partial charge on any atom is -0.388 e. The maximum Gasteiger partial charge on any atom is 0.287 e. The summed E-state index contributed by atoms with van der Waals surface area (Å²) in [6.07, 6.45) is 2.04. The normalized spacial score (nSPS) is 33.6. The summed E-state index contributed by atoms with van der Waals surface area (Å²) in [5.74, 6) is -2.06. The molecule has 1 spiro atoms. The van der Waals surface area contributed by atoms with Crippen molar-refractivity contribution in [2.75, 3.05) is 6.54 Å². The number of aldehydes is 1. The molecule has 4 atom stereocenters. The number of fused-ring (bicyclic) bond motifs is 1. The molecule has 3 aliphatic rings. The van der Waals surface area contributed by atoms with E-state index in [1.54, 1.807) is 0 Å². The van der Waals surface area contributed by atoms with Gasteiger partial charge in [0.2, 0.25) is 12.2 Å². The van der Waals surface area contributed by atoms with Gasteiger partial charge in [-0.3, -0.25) is 14.4 Å². The van der Waals surface area contributed by atoms with Crippen LogP contribution in [0.2, 0.25) is 0 Å². The number of ether oxygens (including phenoxy) is 2. The van der Waals surface area contributed by atoms with Crippen molar-refractivity contribution in [1.29, 1.82) is 0 Å². The molecule has 0 aromatic rings. The predicted molar refractivity (Wildman–Crippen MR) is 91.0 cm³/mol. The second kappa shape index (κ2) is 6.90. The SMILES string of the molecule is CC(C)(C)NC(=O)[C@H]1[C@@H]2OC3(CCCCC3)O[C@@H]2[C@H](O)CN1C(=O)C=O. The van der Waals surface area contributed by atoms with Gasteiger partial charge in [0, 0.05) is 18.4 Å². The third kappa shape index (κ3) is 3.63. The zero-order valence-electron chi connectivity index (χ0n) is 15.6. The van der Waals surface area contributed by atoms with Gasteiger partial charge in [-0.2, -0.15) is 0 Å². The minimum absolute atomic E-state index is 0.138. The average molecular weight is 368 g/mol. The van der Waals surface area contributed by atoms with Crippen LogP contribution in [0.25, 0.3) is 0 Å². The molecule has 8 heteroatoms. The first-order chi connectivity index (χ1) is 12.2. The molecule has 2 heterocycles. The second-order valence-corrected chi connectivity index (χ2v) is 8.50. The number of aliphatic hydroxyl groups excluding tert-OH is 1. The van der Waals surface area contributed by atoms with Gasteiger partial charge in [0.05, 0.1) is 6.54 Å². The van der Waals surface area contributed by atoms with E-state index in [0.29, 0.717) is 12.8 Å². The van der Waals surface area contributed by atoms with Crippen molar-refractivity contribution < 1.29 is 29.0 Å². The van der Waals surface area contributed by atoms with Gasteiger partial charge in [-0.25, -0.2) is 0 Å². The first-order valence-corrected chi connectivity index (χ1v) is 9.27. The number of piperidine rings is 1. The van der Waals surface area contributed by atoms with Crippen molar-refractivity contribution in [2.45, 2.75) is 88.6 Å². The fraction of sp³-hybridized carbons (Fsp3) is 0.833. The fourth-order valence-electron chi connectivity index (χ4n) is 4.15. The first-order valence-electron chi connectivity index (χ1n) is 9.27. The van der Waals surface area contributed by atoms with Gasteiger partial charge in [-0.1, -0.05) is 6.42 Å². The van der Waals surface area contributed by atoms with Crippen LogP contribution in [0, 0.1) is 0 Å². The molecule has 0 unspecified atom stereocenters. The summed E-state index contributed by atoms with van der Waals surface area (Å²) >= 11 is 0. The van der Waals surface area contributed by atoms with Crippen LogP contribution in [0.3, 0.4) is 0 Å². The third-order valence-electron chi connectivity index (χ3n) is 5.20. The van der Waals surface area contributed by atoms with Crippen LogP contribution in [0.1, 0.15) is 52.9 Å². The Balaban J connectivity index is 1.91. The van der Waals surface area contributed by atoms with Gasteiger partial charge in [0.25, 0.3) is 5.91 Å². The van der Waals surface area contributed by atoms with E-state index in [0.717, 1.165) is 24.2 Å². The number of hydrogen-bond donors (Lipinski definition) is 2. The van der Waals surface area contributed by atoms with Crippen molar-refractivity contribution in [2.24, 2.45) is 0 Å². The van der Waals surface area contributed by atoms with E-state index in [1.165, 1.54) is 0 Å². The standard InChI is InChI=1S/C18H28N2O6/c1-17(2,3)19-16(24)13-15-14(11(22)9-20(13)12(23)10-21)25-18(26-15)7-5-4-6-8-18/h10-11,13-15,22H,4-9H2,1-3H3,(H,19,24)/t11-,13-,14-,15+/m1/s1. The molecule has 3 rings (SSSR count).